The van der Waals surface area contributed by atoms with Crippen molar-refractivity contribution in [3.05, 3.63) is 29.3 Å². The first-order valence-electron chi connectivity index (χ1n) is 8.88. The zero-order valence-corrected chi connectivity index (χ0v) is 15.6. The first-order chi connectivity index (χ1) is 11.5. The molecule has 0 aromatic heterocycles. The molecule has 1 aliphatic carbocycles. The third-order valence-corrected chi connectivity index (χ3v) is 5.49. The van der Waals surface area contributed by atoms with Crippen LogP contribution in [0.25, 0.3) is 0 Å². The lowest BCUT2D eigenvalue weighted by molar-refractivity contribution is -0.119. The number of rotatable bonds is 7. The molecule has 1 N–H and O–H groups in total. The molecule has 1 atom stereocenters. The third-order valence-electron chi connectivity index (χ3n) is 4.29. The maximum atomic E-state index is 12.1. The summed E-state index contributed by atoms with van der Waals surface area (Å²) in [5.41, 5.74) is 2.29. The van der Waals surface area contributed by atoms with Crippen LogP contribution < -0.4 is 10.1 Å². The second-order valence-corrected chi connectivity index (χ2v) is 8.29. The number of carbonyl (C=O) groups excluding carboxylic acids is 1. The molecule has 0 heterocycles. The average Bonchev–Trinajstić information content (AvgIpc) is 2.74. The third kappa shape index (κ3) is 7.04. The molecule has 4 nitrogen and oxygen atoms in total. The minimum absolute atomic E-state index is 0.0761. The van der Waals surface area contributed by atoms with Crippen LogP contribution in [-0.4, -0.2) is 34.3 Å². The fraction of sp³-hybridized carbons (Fsp3) is 0.632. The van der Waals surface area contributed by atoms with Gasteiger partial charge in [-0.15, -0.1) is 0 Å². The molecule has 1 fully saturated rings. The predicted molar refractivity (Wildman–Crippen MR) is 98.9 cm³/mol. The van der Waals surface area contributed by atoms with E-state index >= 15 is 0 Å². The van der Waals surface area contributed by atoms with Crippen LogP contribution in [0.3, 0.4) is 0 Å². The average molecular weight is 352 g/mol. The van der Waals surface area contributed by atoms with Crippen molar-refractivity contribution in [1.29, 1.82) is 0 Å². The van der Waals surface area contributed by atoms with Gasteiger partial charge in [-0.3, -0.25) is 9.00 Å². The molecule has 1 aromatic carbocycles. The number of hydrogen-bond acceptors (Lipinski definition) is 3. The topological polar surface area (TPSA) is 55.4 Å². The summed E-state index contributed by atoms with van der Waals surface area (Å²) in [6.45, 7) is 4.41. The summed E-state index contributed by atoms with van der Waals surface area (Å²) in [4.78, 5) is 12.0. The Morgan fingerprint density at radius 3 is 2.38 bits per heavy atom. The Bertz CT molecular complexity index is 545. The Labute approximate surface area is 147 Å². The standard InChI is InChI=1S/C19H29NO3S/c1-15-11-16(2)13-18(12-15)23-9-10-24(22)14-19(21)20-17-7-5-3-4-6-8-17/h11-13,17H,3-10,14H2,1-2H3,(H,20,21)/t24-/m0/s1. The highest BCUT2D eigenvalue weighted by Crippen LogP contribution is 2.17. The van der Waals surface area contributed by atoms with Gasteiger partial charge in [0.2, 0.25) is 5.91 Å². The highest BCUT2D eigenvalue weighted by atomic mass is 32.2. The van der Waals surface area contributed by atoms with Gasteiger partial charge in [0.1, 0.15) is 11.5 Å². The highest BCUT2D eigenvalue weighted by Gasteiger charge is 2.16. The van der Waals surface area contributed by atoms with Crippen LogP contribution in [0.15, 0.2) is 18.2 Å². The predicted octanol–water partition coefficient (Wildman–Crippen LogP) is 3.27. The molecule has 0 unspecified atom stereocenters. The molecule has 5 heteroatoms. The van der Waals surface area contributed by atoms with Gasteiger partial charge in [0.05, 0.1) is 12.4 Å². The van der Waals surface area contributed by atoms with Gasteiger partial charge in [0.15, 0.2) is 0 Å². The van der Waals surface area contributed by atoms with Gasteiger partial charge in [-0.25, -0.2) is 0 Å². The van der Waals surface area contributed by atoms with Crippen molar-refractivity contribution in [2.45, 2.75) is 58.4 Å². The highest BCUT2D eigenvalue weighted by molar-refractivity contribution is 7.85. The van der Waals surface area contributed by atoms with Crippen molar-refractivity contribution in [3.63, 3.8) is 0 Å². The van der Waals surface area contributed by atoms with E-state index in [0.717, 1.165) is 29.7 Å². The second kappa shape index (κ2) is 9.82. The Hall–Kier alpha value is -1.36. The van der Waals surface area contributed by atoms with E-state index in [2.05, 4.69) is 11.4 Å². The van der Waals surface area contributed by atoms with Crippen LogP contribution >= 0.6 is 0 Å². The summed E-state index contributed by atoms with van der Waals surface area (Å²) >= 11 is 0. The van der Waals surface area contributed by atoms with E-state index in [1.54, 1.807) is 0 Å². The summed E-state index contributed by atoms with van der Waals surface area (Å²) in [5.74, 6) is 1.16. The number of ether oxygens (including phenoxy) is 1. The number of aryl methyl sites for hydroxylation is 2. The van der Waals surface area contributed by atoms with Crippen molar-refractivity contribution in [1.82, 2.24) is 5.32 Å². The van der Waals surface area contributed by atoms with Gasteiger partial charge >= 0.3 is 0 Å². The minimum atomic E-state index is -1.18. The molecule has 1 amide bonds. The van der Waals surface area contributed by atoms with Crippen LogP contribution in [0, 0.1) is 13.8 Å². The molecule has 0 radical (unpaired) electrons. The lowest BCUT2D eigenvalue weighted by Gasteiger charge is -2.16. The Balaban J connectivity index is 1.67. The number of amides is 1. The maximum Gasteiger partial charge on any atom is 0.232 e. The lowest BCUT2D eigenvalue weighted by atomic mass is 10.1. The van der Waals surface area contributed by atoms with Gasteiger partial charge in [-0.05, 0) is 49.9 Å². The smallest absolute Gasteiger partial charge is 0.232 e. The molecule has 2 rings (SSSR count). The fourth-order valence-corrected chi connectivity index (χ4v) is 3.97. The second-order valence-electron chi connectivity index (χ2n) is 6.72. The van der Waals surface area contributed by atoms with E-state index in [1.165, 1.54) is 25.7 Å². The van der Waals surface area contributed by atoms with Crippen molar-refractivity contribution in [2.24, 2.45) is 0 Å². The van der Waals surface area contributed by atoms with Crippen LogP contribution in [-0.2, 0) is 15.6 Å². The number of hydrogen-bond donors (Lipinski definition) is 1. The number of carbonyl (C=O) groups is 1. The van der Waals surface area contributed by atoms with Crippen LogP contribution in [0.4, 0.5) is 0 Å². The van der Waals surface area contributed by atoms with E-state index in [0.29, 0.717) is 12.4 Å². The van der Waals surface area contributed by atoms with E-state index in [9.17, 15) is 9.00 Å². The maximum absolute atomic E-state index is 12.1. The fourth-order valence-electron chi connectivity index (χ4n) is 3.18. The van der Waals surface area contributed by atoms with Gasteiger partial charge in [-0.1, -0.05) is 31.7 Å². The molecule has 0 spiro atoms. The van der Waals surface area contributed by atoms with E-state index in [-0.39, 0.29) is 17.7 Å². The largest absolute Gasteiger partial charge is 0.493 e. The first kappa shape index (κ1) is 19.0. The van der Waals surface area contributed by atoms with Crippen molar-refractivity contribution < 1.29 is 13.7 Å². The Morgan fingerprint density at radius 2 is 1.75 bits per heavy atom. The molecular formula is C19H29NO3S. The zero-order chi connectivity index (χ0) is 17.4. The van der Waals surface area contributed by atoms with Gasteiger partial charge < -0.3 is 10.1 Å². The molecule has 24 heavy (non-hydrogen) atoms. The van der Waals surface area contributed by atoms with Gasteiger partial charge in [0.25, 0.3) is 0 Å². The number of nitrogens with one attached hydrogen (secondary N) is 1. The SMILES string of the molecule is Cc1cc(C)cc(OCC[S@](=O)CC(=O)NC2CCCCCC2)c1. The van der Waals surface area contributed by atoms with Crippen molar-refractivity contribution in [2.75, 3.05) is 18.1 Å². The zero-order valence-electron chi connectivity index (χ0n) is 14.8. The molecule has 134 valence electrons. The van der Waals surface area contributed by atoms with Crippen molar-refractivity contribution in [3.8, 4) is 5.75 Å². The summed E-state index contributed by atoms with van der Waals surface area (Å²) < 4.78 is 17.7. The van der Waals surface area contributed by atoms with Gasteiger partial charge in [0, 0.05) is 16.8 Å². The molecule has 0 bridgehead atoms. The Morgan fingerprint density at radius 1 is 1.12 bits per heavy atom. The lowest BCUT2D eigenvalue weighted by Crippen LogP contribution is -2.37. The van der Waals surface area contributed by atoms with E-state index in [4.69, 9.17) is 4.74 Å². The van der Waals surface area contributed by atoms with Crippen LogP contribution in [0.2, 0.25) is 0 Å². The van der Waals surface area contributed by atoms with Gasteiger partial charge in [-0.2, -0.15) is 0 Å². The Kier molecular flexibility index (Phi) is 7.76. The first-order valence-corrected chi connectivity index (χ1v) is 10.4. The number of benzene rings is 1. The van der Waals surface area contributed by atoms with E-state index < -0.39 is 10.8 Å². The summed E-state index contributed by atoms with van der Waals surface area (Å²) in [5, 5.41) is 3.04. The van der Waals surface area contributed by atoms with Crippen LogP contribution in [0.5, 0.6) is 5.75 Å². The van der Waals surface area contributed by atoms with E-state index in [1.807, 2.05) is 26.0 Å². The molecule has 1 aromatic rings. The molecule has 0 saturated heterocycles. The molecule has 1 aliphatic rings. The van der Waals surface area contributed by atoms with Crippen molar-refractivity contribution >= 4 is 16.7 Å². The normalized spacial score (nSPS) is 17.1. The quantitative estimate of drug-likeness (QED) is 0.767. The summed E-state index contributed by atoms with van der Waals surface area (Å²) in [6.07, 6.45) is 6.97. The van der Waals surface area contributed by atoms with Crippen LogP contribution in [0.1, 0.15) is 49.7 Å². The monoisotopic (exact) mass is 351 g/mol. The summed E-state index contributed by atoms with van der Waals surface area (Å²) in [7, 11) is -1.18. The molecular weight excluding hydrogens is 322 g/mol. The summed E-state index contributed by atoms with van der Waals surface area (Å²) in [6, 6.07) is 6.29. The molecule has 0 aliphatic heterocycles. The minimum Gasteiger partial charge on any atom is -0.493 e. The molecule has 1 saturated carbocycles.